The second kappa shape index (κ2) is 4.13. The molecule has 1 unspecified atom stereocenters. The second-order valence-corrected chi connectivity index (χ2v) is 4.27. The molecule has 0 spiro atoms. The van der Waals surface area contributed by atoms with E-state index in [-0.39, 0.29) is 19.7 Å². The first-order chi connectivity index (χ1) is 6.86. The van der Waals surface area contributed by atoms with Gasteiger partial charge in [-0.3, -0.25) is 14.1 Å². The topological polar surface area (TPSA) is 127 Å². The quantitative estimate of drug-likeness (QED) is 0.321. The van der Waals surface area contributed by atoms with E-state index in [1.807, 2.05) is 0 Å². The maximum atomic E-state index is 11.1. The molecule has 1 amide bonds. The normalized spacial score (nSPS) is 21.1. The van der Waals surface area contributed by atoms with E-state index in [1.165, 1.54) is 0 Å². The van der Waals surface area contributed by atoms with Crippen molar-refractivity contribution in [2.24, 2.45) is 11.7 Å². The zero-order valence-corrected chi connectivity index (χ0v) is 8.44. The van der Waals surface area contributed by atoms with Crippen molar-refractivity contribution in [1.29, 1.82) is 0 Å². The van der Waals surface area contributed by atoms with Crippen molar-refractivity contribution in [3.8, 4) is 0 Å². The molecule has 1 rings (SSSR count). The third-order valence-corrected chi connectivity index (χ3v) is 2.76. The van der Waals surface area contributed by atoms with E-state index in [1.54, 1.807) is 0 Å². The van der Waals surface area contributed by atoms with Crippen LogP contribution in [0.25, 0.3) is 0 Å². The van der Waals surface area contributed by atoms with Crippen LogP contribution in [0, 0.1) is 5.92 Å². The molecule has 1 atom stereocenters. The van der Waals surface area contributed by atoms with Gasteiger partial charge < -0.3 is 10.5 Å². The molecule has 0 saturated carbocycles. The molecule has 1 fully saturated rings. The molecule has 15 heavy (non-hydrogen) atoms. The van der Waals surface area contributed by atoms with E-state index in [0.717, 1.165) is 0 Å². The number of hydrogen-bond acceptors (Lipinski definition) is 6. The molecule has 0 bridgehead atoms. The maximum absolute atomic E-state index is 11.1. The van der Waals surface area contributed by atoms with E-state index in [0.29, 0.717) is 4.31 Å². The summed E-state index contributed by atoms with van der Waals surface area (Å²) in [7, 11) is -4.47. The molecule has 0 aliphatic carbocycles. The van der Waals surface area contributed by atoms with Gasteiger partial charge in [0.25, 0.3) is 0 Å². The van der Waals surface area contributed by atoms with Crippen molar-refractivity contribution in [3.05, 3.63) is 0 Å². The number of amides is 1. The lowest BCUT2D eigenvalue weighted by molar-refractivity contribution is -0.151. The average Bonchev–Trinajstić information content (AvgIpc) is 2.12. The van der Waals surface area contributed by atoms with E-state index in [4.69, 9.17) is 10.3 Å². The molecular weight excluding hydrogens is 228 g/mol. The predicted molar refractivity (Wildman–Crippen MR) is 46.8 cm³/mol. The molecule has 0 radical (unpaired) electrons. The van der Waals surface area contributed by atoms with Crippen molar-refractivity contribution < 1.29 is 27.3 Å². The first-order valence-electron chi connectivity index (χ1n) is 4.01. The summed E-state index contributed by atoms with van der Waals surface area (Å²) in [6.45, 7) is -0.709. The first kappa shape index (κ1) is 11.9. The number of carbonyl (C=O) groups excluding carboxylic acids is 2. The van der Waals surface area contributed by atoms with Gasteiger partial charge in [0.15, 0.2) is 0 Å². The zero-order valence-electron chi connectivity index (χ0n) is 7.62. The predicted octanol–water partition coefficient (Wildman–Crippen LogP) is -2.25. The van der Waals surface area contributed by atoms with Crippen LogP contribution in [0.4, 0.5) is 0 Å². The van der Waals surface area contributed by atoms with Gasteiger partial charge in [-0.1, -0.05) is 0 Å². The van der Waals surface area contributed by atoms with Crippen LogP contribution in [0.1, 0.15) is 0 Å². The highest BCUT2D eigenvalue weighted by atomic mass is 32.2. The van der Waals surface area contributed by atoms with Gasteiger partial charge in [0.2, 0.25) is 5.91 Å². The number of esters is 1. The van der Waals surface area contributed by atoms with E-state index in [2.05, 4.69) is 4.74 Å². The summed E-state index contributed by atoms with van der Waals surface area (Å²) >= 11 is 0. The second-order valence-electron chi connectivity index (χ2n) is 2.93. The highest BCUT2D eigenvalue weighted by molar-refractivity contribution is 7.84. The summed E-state index contributed by atoms with van der Waals surface area (Å²) in [4.78, 5) is 21.7. The summed E-state index contributed by atoms with van der Waals surface area (Å²) in [5.41, 5.74) is 4.94. The number of nitrogens with zero attached hydrogens (tertiary/aromatic N) is 1. The minimum Gasteiger partial charge on any atom is -0.464 e. The Labute approximate surface area is 85.9 Å². The van der Waals surface area contributed by atoms with E-state index < -0.39 is 28.1 Å². The van der Waals surface area contributed by atoms with Crippen LogP contribution in [0.15, 0.2) is 0 Å². The molecule has 3 N–H and O–H groups in total. The molecule has 0 aromatic carbocycles. The lowest BCUT2D eigenvalue weighted by Gasteiger charge is -2.34. The number of nitrogens with two attached hydrogens (primary N) is 1. The fourth-order valence-electron chi connectivity index (χ4n) is 1.04. The zero-order chi connectivity index (χ0) is 11.6. The Morgan fingerprint density at radius 1 is 1.67 bits per heavy atom. The standard InChI is InChI=1S/C6H10N2O6S/c7-1-5(9)14-3-4-2-8(6(4)10)15(11,12)13/h4H,1-3,7H2,(H,11,12,13). The lowest BCUT2D eigenvalue weighted by Crippen LogP contribution is -2.56. The first-order valence-corrected chi connectivity index (χ1v) is 5.40. The Morgan fingerprint density at radius 3 is 2.67 bits per heavy atom. The molecule has 1 aliphatic rings. The van der Waals surface area contributed by atoms with E-state index >= 15 is 0 Å². The van der Waals surface area contributed by atoms with Crippen LogP contribution in [-0.2, 0) is 24.6 Å². The summed E-state index contributed by atoms with van der Waals surface area (Å²) in [6, 6.07) is 0. The minimum absolute atomic E-state index is 0.185. The van der Waals surface area contributed by atoms with Crippen molar-refractivity contribution in [3.63, 3.8) is 0 Å². The largest absolute Gasteiger partial charge is 0.464 e. The van der Waals surface area contributed by atoms with Gasteiger partial charge in [-0.25, -0.2) is 4.31 Å². The van der Waals surface area contributed by atoms with Crippen molar-refractivity contribution >= 4 is 22.2 Å². The van der Waals surface area contributed by atoms with Gasteiger partial charge in [0, 0.05) is 0 Å². The molecule has 9 heteroatoms. The van der Waals surface area contributed by atoms with E-state index in [9.17, 15) is 18.0 Å². The van der Waals surface area contributed by atoms with Crippen molar-refractivity contribution in [2.75, 3.05) is 19.7 Å². The molecule has 1 heterocycles. The summed E-state index contributed by atoms with van der Waals surface area (Å²) < 4.78 is 34.3. The van der Waals surface area contributed by atoms with Gasteiger partial charge in [0.05, 0.1) is 19.0 Å². The number of β-lactam (4-membered cyclic amide) rings is 1. The Balaban J connectivity index is 2.40. The SMILES string of the molecule is NCC(=O)OCC1CN(S(=O)(=O)O)C1=O. The molecule has 0 aromatic heterocycles. The fourth-order valence-corrected chi connectivity index (χ4v) is 1.79. The lowest BCUT2D eigenvalue weighted by atomic mass is 10.0. The van der Waals surface area contributed by atoms with Gasteiger partial charge in [-0.05, 0) is 0 Å². The van der Waals surface area contributed by atoms with Gasteiger partial charge in [-0.2, -0.15) is 8.42 Å². The summed E-state index contributed by atoms with van der Waals surface area (Å²) in [6.07, 6.45) is 0. The Hall–Kier alpha value is -1.19. The van der Waals surface area contributed by atoms with Gasteiger partial charge in [0.1, 0.15) is 6.61 Å². The van der Waals surface area contributed by atoms with Crippen LogP contribution < -0.4 is 5.73 Å². The molecular formula is C6H10N2O6S. The smallest absolute Gasteiger partial charge is 0.362 e. The molecule has 1 aliphatic heterocycles. The Morgan fingerprint density at radius 2 is 2.27 bits per heavy atom. The number of rotatable bonds is 4. The average molecular weight is 238 g/mol. The third kappa shape index (κ3) is 2.64. The highest BCUT2D eigenvalue weighted by Crippen LogP contribution is 2.20. The Bertz CT molecular complexity index is 377. The summed E-state index contributed by atoms with van der Waals surface area (Å²) in [5, 5.41) is 0. The summed E-state index contributed by atoms with van der Waals surface area (Å²) in [5.74, 6) is -2.18. The Kier molecular flexibility index (Phi) is 3.27. The molecule has 8 nitrogen and oxygen atoms in total. The number of hydrogen-bond donors (Lipinski definition) is 2. The van der Waals surface area contributed by atoms with Crippen molar-refractivity contribution in [1.82, 2.24) is 4.31 Å². The van der Waals surface area contributed by atoms with Crippen LogP contribution in [0.5, 0.6) is 0 Å². The highest BCUT2D eigenvalue weighted by Gasteiger charge is 2.44. The van der Waals surface area contributed by atoms with Crippen LogP contribution in [-0.4, -0.2) is 48.8 Å². The van der Waals surface area contributed by atoms with Crippen molar-refractivity contribution in [2.45, 2.75) is 0 Å². The van der Waals surface area contributed by atoms with Crippen LogP contribution >= 0.6 is 0 Å². The molecule has 86 valence electrons. The molecule has 0 aromatic rings. The molecule has 1 saturated heterocycles. The fraction of sp³-hybridized carbons (Fsp3) is 0.667. The monoisotopic (exact) mass is 238 g/mol. The minimum atomic E-state index is -4.47. The number of ether oxygens (including phenoxy) is 1. The number of carbonyl (C=O) groups is 2. The van der Waals surface area contributed by atoms with Crippen LogP contribution in [0.2, 0.25) is 0 Å². The maximum Gasteiger partial charge on any atom is 0.362 e. The van der Waals surface area contributed by atoms with Gasteiger partial charge in [-0.15, -0.1) is 0 Å². The third-order valence-electron chi connectivity index (χ3n) is 1.87. The van der Waals surface area contributed by atoms with Gasteiger partial charge >= 0.3 is 16.3 Å². The van der Waals surface area contributed by atoms with Crippen LogP contribution in [0.3, 0.4) is 0 Å².